The minimum absolute atomic E-state index is 0. The monoisotopic (exact) mass is 644 g/mol. The fraction of sp³-hybridized carbons (Fsp3) is 0.639. The summed E-state index contributed by atoms with van der Waals surface area (Å²) in [7, 11) is 0. The van der Waals surface area contributed by atoms with Crippen molar-refractivity contribution in [2.45, 2.75) is 98.8 Å². The van der Waals surface area contributed by atoms with Crippen LogP contribution >= 0.6 is 12.4 Å². The van der Waals surface area contributed by atoms with Crippen LogP contribution in [0.1, 0.15) is 79.7 Å². The van der Waals surface area contributed by atoms with Gasteiger partial charge in [-0.3, -0.25) is 14.4 Å². The maximum Gasteiger partial charge on any atom is 0.243 e. The first-order valence-electron chi connectivity index (χ1n) is 16.5. The molecule has 3 atom stereocenters. The van der Waals surface area contributed by atoms with Gasteiger partial charge < -0.3 is 26.0 Å². The van der Waals surface area contributed by atoms with Gasteiger partial charge in [-0.05, 0) is 59.3 Å². The van der Waals surface area contributed by atoms with E-state index in [4.69, 9.17) is 0 Å². The van der Waals surface area contributed by atoms with Crippen LogP contribution in [0, 0.1) is 23.2 Å². The molecule has 4 N–H and O–H groups in total. The molecule has 0 saturated carbocycles. The number of nitrogens with zero attached hydrogens (tertiary/aromatic N) is 1. The van der Waals surface area contributed by atoms with Crippen molar-refractivity contribution in [1.82, 2.24) is 20.9 Å². The number of hydrogen-bond acceptors (Lipinski definition) is 5. The van der Waals surface area contributed by atoms with Gasteiger partial charge in [0, 0.05) is 38.5 Å². The summed E-state index contributed by atoms with van der Waals surface area (Å²) < 4.78 is 0. The van der Waals surface area contributed by atoms with Crippen LogP contribution in [-0.2, 0) is 20.8 Å². The first-order valence-corrected chi connectivity index (χ1v) is 16.5. The number of carbonyl (C=O) groups is 3. The number of rotatable bonds is 15. The molecule has 0 aromatic heterocycles. The first-order chi connectivity index (χ1) is 20.7. The Bertz CT molecular complexity index is 1240. The molecule has 252 valence electrons. The lowest BCUT2D eigenvalue weighted by Crippen LogP contribution is -2.55. The molecule has 1 saturated heterocycles. The van der Waals surface area contributed by atoms with Crippen LogP contribution in [0.3, 0.4) is 0 Å². The molecule has 0 spiro atoms. The van der Waals surface area contributed by atoms with Crippen LogP contribution in [0.25, 0.3) is 10.8 Å². The average molecular weight is 645 g/mol. The van der Waals surface area contributed by atoms with E-state index in [1.807, 2.05) is 42.5 Å². The number of benzene rings is 2. The van der Waals surface area contributed by atoms with Crippen molar-refractivity contribution in [2.24, 2.45) is 23.2 Å². The van der Waals surface area contributed by atoms with Gasteiger partial charge in [0.2, 0.25) is 17.7 Å². The highest BCUT2D eigenvalue weighted by Crippen LogP contribution is 2.27. The van der Waals surface area contributed by atoms with Gasteiger partial charge in [-0.1, -0.05) is 90.9 Å². The van der Waals surface area contributed by atoms with Crippen molar-refractivity contribution >= 4 is 40.9 Å². The maximum absolute atomic E-state index is 13.8. The molecule has 2 aromatic rings. The zero-order chi connectivity index (χ0) is 32.4. The van der Waals surface area contributed by atoms with Gasteiger partial charge in [0.15, 0.2) is 0 Å². The standard InChI is InChI=1S/C36H56N4O4.ClH/c1-24(2)17-29(18-25(3)4)35(44)40-16-10-13-32(40)34(43)39-31(20-26-14-15-27-11-8-9-12-28(27)19-26)33(42)38-22-30(41)21-37-23-36(5,6)7;/h8-9,11-12,14-15,19,24-25,29-32,37,41H,10,13,16-18,20-23H2,1-7H3,(H,38,42)(H,39,43);1H/t30?,31-,32?;/m1./s1. The van der Waals surface area contributed by atoms with Crippen molar-refractivity contribution in [3.63, 3.8) is 0 Å². The van der Waals surface area contributed by atoms with Gasteiger partial charge in [-0.2, -0.15) is 0 Å². The Balaban J connectivity index is 0.00000705. The summed E-state index contributed by atoms with van der Waals surface area (Å²) in [6, 6.07) is 12.6. The molecule has 9 heteroatoms. The van der Waals surface area contributed by atoms with E-state index in [2.05, 4.69) is 64.4 Å². The highest BCUT2D eigenvalue weighted by Gasteiger charge is 2.38. The van der Waals surface area contributed by atoms with Crippen molar-refractivity contribution in [2.75, 3.05) is 26.2 Å². The second-order valence-electron chi connectivity index (χ2n) is 14.7. The number of hydrogen-bond donors (Lipinski definition) is 4. The summed E-state index contributed by atoms with van der Waals surface area (Å²) in [5.41, 5.74) is 1.00. The molecular weight excluding hydrogens is 588 g/mol. The summed E-state index contributed by atoms with van der Waals surface area (Å²) in [6.07, 6.45) is 2.46. The molecule has 1 aliphatic rings. The van der Waals surface area contributed by atoms with Gasteiger partial charge in [-0.25, -0.2) is 0 Å². The van der Waals surface area contributed by atoms with E-state index >= 15 is 0 Å². The van der Waals surface area contributed by atoms with Crippen LogP contribution in [0.15, 0.2) is 42.5 Å². The summed E-state index contributed by atoms with van der Waals surface area (Å²) >= 11 is 0. The van der Waals surface area contributed by atoms with Crippen molar-refractivity contribution in [3.05, 3.63) is 48.0 Å². The Morgan fingerprint density at radius 3 is 2.22 bits per heavy atom. The molecule has 0 bridgehead atoms. The van der Waals surface area contributed by atoms with Gasteiger partial charge in [-0.15, -0.1) is 12.4 Å². The Morgan fingerprint density at radius 2 is 1.60 bits per heavy atom. The van der Waals surface area contributed by atoms with E-state index in [-0.39, 0.29) is 48.0 Å². The highest BCUT2D eigenvalue weighted by atomic mass is 35.5. The van der Waals surface area contributed by atoms with Gasteiger partial charge in [0.25, 0.3) is 0 Å². The average Bonchev–Trinajstić information content (AvgIpc) is 3.44. The smallest absolute Gasteiger partial charge is 0.243 e. The molecule has 45 heavy (non-hydrogen) atoms. The minimum Gasteiger partial charge on any atom is -0.390 e. The topological polar surface area (TPSA) is 111 Å². The number of fused-ring (bicyclic) bond motifs is 1. The van der Waals surface area contributed by atoms with Crippen molar-refractivity contribution < 1.29 is 19.5 Å². The number of carbonyl (C=O) groups excluding carboxylic acids is 3. The molecule has 1 heterocycles. The molecule has 2 unspecified atom stereocenters. The second-order valence-corrected chi connectivity index (χ2v) is 14.7. The largest absolute Gasteiger partial charge is 0.390 e. The summed E-state index contributed by atoms with van der Waals surface area (Å²) in [6.45, 7) is 16.6. The lowest BCUT2D eigenvalue weighted by Gasteiger charge is -2.31. The Morgan fingerprint density at radius 1 is 0.956 bits per heavy atom. The first kappa shape index (κ1) is 38.5. The Hall–Kier alpha value is -2.68. The molecule has 8 nitrogen and oxygen atoms in total. The number of halogens is 1. The fourth-order valence-electron chi connectivity index (χ4n) is 6.08. The fourth-order valence-corrected chi connectivity index (χ4v) is 6.08. The summed E-state index contributed by atoms with van der Waals surface area (Å²) in [5, 5.41) is 21.8. The molecule has 1 aliphatic heterocycles. The number of aliphatic hydroxyl groups excluding tert-OH is 1. The molecule has 1 fully saturated rings. The zero-order valence-corrected chi connectivity index (χ0v) is 29.2. The SMILES string of the molecule is CC(C)CC(CC(C)C)C(=O)N1CCCC1C(=O)N[C@H](Cc1ccc2ccccc2c1)C(=O)NCC(O)CNCC(C)(C)C.Cl. The highest BCUT2D eigenvalue weighted by molar-refractivity contribution is 5.93. The lowest BCUT2D eigenvalue weighted by atomic mass is 9.88. The molecule has 2 aromatic carbocycles. The van der Waals surface area contributed by atoms with E-state index < -0.39 is 18.2 Å². The van der Waals surface area contributed by atoms with Crippen LogP contribution in [0.4, 0.5) is 0 Å². The van der Waals surface area contributed by atoms with E-state index in [1.165, 1.54) is 0 Å². The molecule has 0 aliphatic carbocycles. The molecule has 0 radical (unpaired) electrons. The summed E-state index contributed by atoms with van der Waals surface area (Å²) in [5.74, 6) is 0.0463. The lowest BCUT2D eigenvalue weighted by molar-refractivity contribution is -0.143. The quantitative estimate of drug-likeness (QED) is 0.216. The normalized spacial score (nSPS) is 16.6. The van der Waals surface area contributed by atoms with Crippen LogP contribution in [0.2, 0.25) is 0 Å². The van der Waals surface area contributed by atoms with Crippen LogP contribution in [-0.4, -0.2) is 72.1 Å². The van der Waals surface area contributed by atoms with E-state index in [1.54, 1.807) is 4.90 Å². The predicted octanol–water partition coefficient (Wildman–Crippen LogP) is 5.10. The van der Waals surface area contributed by atoms with E-state index in [0.717, 1.165) is 42.1 Å². The minimum atomic E-state index is -0.849. The Kier molecular flexibility index (Phi) is 15.3. The van der Waals surface area contributed by atoms with Gasteiger partial charge >= 0.3 is 0 Å². The predicted molar refractivity (Wildman–Crippen MR) is 185 cm³/mol. The van der Waals surface area contributed by atoms with Gasteiger partial charge in [0.05, 0.1) is 6.10 Å². The van der Waals surface area contributed by atoms with E-state index in [9.17, 15) is 19.5 Å². The summed E-state index contributed by atoms with van der Waals surface area (Å²) in [4.78, 5) is 42.8. The zero-order valence-electron chi connectivity index (χ0n) is 28.4. The number of aliphatic hydroxyl groups is 1. The number of likely N-dealkylation sites (tertiary alicyclic amines) is 1. The van der Waals surface area contributed by atoms with Crippen molar-refractivity contribution in [1.29, 1.82) is 0 Å². The third-order valence-electron chi connectivity index (χ3n) is 8.13. The Labute approximate surface area is 276 Å². The molecule has 3 amide bonds. The maximum atomic E-state index is 13.8. The third kappa shape index (κ3) is 12.6. The molecule has 3 rings (SSSR count). The number of amides is 3. The van der Waals surface area contributed by atoms with Crippen LogP contribution in [0.5, 0.6) is 0 Å². The second kappa shape index (κ2) is 17.9. The number of nitrogens with one attached hydrogen (secondary N) is 3. The molecular formula is C36H57ClN4O4. The van der Waals surface area contributed by atoms with Gasteiger partial charge in [0.1, 0.15) is 12.1 Å². The van der Waals surface area contributed by atoms with Crippen LogP contribution < -0.4 is 16.0 Å². The third-order valence-corrected chi connectivity index (χ3v) is 8.13. The van der Waals surface area contributed by atoms with E-state index in [0.29, 0.717) is 37.8 Å². The van der Waals surface area contributed by atoms with Crippen molar-refractivity contribution in [3.8, 4) is 0 Å².